The van der Waals surface area contributed by atoms with Crippen molar-refractivity contribution in [2.24, 2.45) is 5.73 Å². The van der Waals surface area contributed by atoms with Gasteiger partial charge >= 0.3 is 11.9 Å². The van der Waals surface area contributed by atoms with Gasteiger partial charge in [0.2, 0.25) is 0 Å². The molecule has 3 aromatic heterocycles. The number of halogens is 4. The second-order valence-electron chi connectivity index (χ2n) is 7.46. The number of nitrogens with zero attached hydrogens (tertiary/aromatic N) is 7. The zero-order valence-electron chi connectivity index (χ0n) is 18.2. The number of aromatic nitrogens is 7. The second-order valence-corrected chi connectivity index (χ2v) is 7.90. The summed E-state index contributed by atoms with van der Waals surface area (Å²) in [6, 6.07) is 7.39. The van der Waals surface area contributed by atoms with Crippen LogP contribution < -0.4 is 11.4 Å². The summed E-state index contributed by atoms with van der Waals surface area (Å²) >= 11 is 5.89. The molecule has 1 amide bonds. The number of primary amides is 1. The summed E-state index contributed by atoms with van der Waals surface area (Å²) < 4.78 is 41.5. The largest absolute Gasteiger partial charge is 0.390 e. The van der Waals surface area contributed by atoms with Crippen LogP contribution in [0.4, 0.5) is 13.2 Å². The third kappa shape index (κ3) is 5.17. The predicted molar refractivity (Wildman–Crippen MR) is 120 cm³/mol. The molecule has 0 saturated carbocycles. The Hall–Kier alpha value is -4.33. The van der Waals surface area contributed by atoms with E-state index in [1.165, 1.54) is 42.7 Å². The maximum atomic E-state index is 13.0. The zero-order valence-corrected chi connectivity index (χ0v) is 18.9. The van der Waals surface area contributed by atoms with Crippen molar-refractivity contribution in [1.82, 2.24) is 34.1 Å². The molecule has 1 aromatic carbocycles. The molecule has 0 saturated heterocycles. The SMILES string of the molecule is NC(=O)c1ccncc1-n1nc(Cn2nc(-c3ccc(Cl)cc3)n(CCC(F)(F)F)c2=O)nc1C=O. The smallest absolute Gasteiger partial charge is 0.366 e. The van der Waals surface area contributed by atoms with Crippen molar-refractivity contribution in [3.8, 4) is 17.1 Å². The van der Waals surface area contributed by atoms with E-state index >= 15 is 0 Å². The van der Waals surface area contributed by atoms with Crippen molar-refractivity contribution in [1.29, 1.82) is 0 Å². The Morgan fingerprint density at radius 1 is 1.14 bits per heavy atom. The van der Waals surface area contributed by atoms with Crippen LogP contribution in [0.15, 0.2) is 47.5 Å². The van der Waals surface area contributed by atoms with Crippen LogP contribution in [0.1, 0.15) is 33.2 Å². The third-order valence-corrected chi connectivity index (χ3v) is 5.26. The van der Waals surface area contributed by atoms with Crippen molar-refractivity contribution >= 4 is 23.8 Å². The molecule has 4 aromatic rings. The lowest BCUT2D eigenvalue weighted by Crippen LogP contribution is -2.27. The van der Waals surface area contributed by atoms with Crippen LogP contribution in [-0.4, -0.2) is 52.5 Å². The molecule has 0 atom stereocenters. The quantitative estimate of drug-likeness (QED) is 0.351. The summed E-state index contributed by atoms with van der Waals surface area (Å²) in [6.45, 7) is -1.04. The number of rotatable bonds is 8. The fourth-order valence-corrected chi connectivity index (χ4v) is 3.51. The van der Waals surface area contributed by atoms with E-state index in [1.54, 1.807) is 0 Å². The summed E-state index contributed by atoms with van der Waals surface area (Å²) in [5, 5.41) is 8.73. The number of pyridine rings is 1. The van der Waals surface area contributed by atoms with Crippen LogP contribution >= 0.6 is 11.6 Å². The van der Waals surface area contributed by atoms with Crippen LogP contribution in [-0.2, 0) is 13.1 Å². The molecular weight excluding hydrogens is 505 g/mol. The van der Waals surface area contributed by atoms with E-state index in [1.807, 2.05) is 0 Å². The minimum atomic E-state index is -4.50. The Morgan fingerprint density at radius 2 is 1.86 bits per heavy atom. The van der Waals surface area contributed by atoms with Crippen LogP contribution in [0.2, 0.25) is 5.02 Å². The van der Waals surface area contributed by atoms with Gasteiger partial charge in [-0.25, -0.2) is 19.1 Å². The van der Waals surface area contributed by atoms with Crippen LogP contribution in [0.3, 0.4) is 0 Å². The number of hydrogen-bond acceptors (Lipinski definition) is 7. The number of carbonyl (C=O) groups excluding carboxylic acids is 2. The van der Waals surface area contributed by atoms with Gasteiger partial charge in [0.25, 0.3) is 5.91 Å². The summed E-state index contributed by atoms with van der Waals surface area (Å²) in [4.78, 5) is 44.3. The van der Waals surface area contributed by atoms with Crippen LogP contribution in [0.25, 0.3) is 17.1 Å². The Kier molecular flexibility index (Phi) is 6.70. The lowest BCUT2D eigenvalue weighted by molar-refractivity contribution is -0.136. The zero-order chi connectivity index (χ0) is 26.0. The van der Waals surface area contributed by atoms with Gasteiger partial charge in [-0.3, -0.25) is 19.1 Å². The number of alkyl halides is 3. The highest BCUT2D eigenvalue weighted by Crippen LogP contribution is 2.23. The normalized spacial score (nSPS) is 11.6. The fourth-order valence-electron chi connectivity index (χ4n) is 3.38. The molecule has 15 heteroatoms. The topological polar surface area (TPSA) is 144 Å². The molecule has 3 heterocycles. The van der Waals surface area contributed by atoms with E-state index in [2.05, 4.69) is 20.2 Å². The van der Waals surface area contributed by atoms with Crippen molar-refractivity contribution in [3.05, 3.63) is 75.4 Å². The van der Waals surface area contributed by atoms with E-state index in [0.29, 0.717) is 16.9 Å². The monoisotopic (exact) mass is 520 g/mol. The first-order valence-electron chi connectivity index (χ1n) is 10.2. The average molecular weight is 521 g/mol. The molecule has 0 bridgehead atoms. The molecule has 0 fully saturated rings. The number of hydrogen-bond donors (Lipinski definition) is 1. The molecule has 2 N–H and O–H groups in total. The van der Waals surface area contributed by atoms with Gasteiger partial charge < -0.3 is 5.73 Å². The summed E-state index contributed by atoms with van der Waals surface area (Å²) in [7, 11) is 0. The summed E-state index contributed by atoms with van der Waals surface area (Å²) in [6.07, 6.45) is -2.80. The first-order valence-corrected chi connectivity index (χ1v) is 10.6. The maximum absolute atomic E-state index is 13.0. The molecule has 186 valence electrons. The third-order valence-electron chi connectivity index (χ3n) is 5.01. The highest BCUT2D eigenvalue weighted by molar-refractivity contribution is 6.30. The Morgan fingerprint density at radius 3 is 2.50 bits per heavy atom. The molecule has 4 rings (SSSR count). The fraction of sp³-hybridized carbons (Fsp3) is 0.190. The van der Waals surface area contributed by atoms with Crippen LogP contribution in [0.5, 0.6) is 0 Å². The second kappa shape index (κ2) is 9.73. The van der Waals surface area contributed by atoms with Gasteiger partial charge in [0.05, 0.1) is 23.9 Å². The number of aldehydes is 1. The van der Waals surface area contributed by atoms with E-state index < -0.39 is 30.7 Å². The molecule has 0 radical (unpaired) electrons. The van der Waals surface area contributed by atoms with Crippen molar-refractivity contribution < 1.29 is 22.8 Å². The average Bonchev–Trinajstić information content (AvgIpc) is 3.38. The maximum Gasteiger partial charge on any atom is 0.390 e. The first kappa shape index (κ1) is 24.8. The Bertz CT molecular complexity index is 1490. The molecule has 0 aliphatic carbocycles. The van der Waals surface area contributed by atoms with E-state index in [9.17, 15) is 27.6 Å². The van der Waals surface area contributed by atoms with Crippen molar-refractivity contribution in [2.75, 3.05) is 0 Å². The molecule has 0 aliphatic heterocycles. The molecule has 36 heavy (non-hydrogen) atoms. The van der Waals surface area contributed by atoms with Crippen molar-refractivity contribution in [2.45, 2.75) is 25.7 Å². The van der Waals surface area contributed by atoms with E-state index in [4.69, 9.17) is 17.3 Å². The standard InChI is InChI=1S/C21H16ClF3N8O3/c22-13-3-1-12(2-4-13)19-30-32(20(36)31(19)8-6-21(23,24)25)10-16-28-17(11-34)33(29-16)15-9-27-7-5-14(15)18(26)35/h1-5,7,9,11H,6,8,10H2,(H2,26,35). The highest BCUT2D eigenvalue weighted by atomic mass is 35.5. The molecule has 11 nitrogen and oxygen atoms in total. The van der Waals surface area contributed by atoms with Gasteiger partial charge in [-0.2, -0.15) is 13.2 Å². The minimum Gasteiger partial charge on any atom is -0.366 e. The summed E-state index contributed by atoms with van der Waals surface area (Å²) in [5.74, 6) is -1.10. The molecule has 0 spiro atoms. The molecule has 0 unspecified atom stereocenters. The van der Waals surface area contributed by atoms with Gasteiger partial charge in [-0.1, -0.05) is 11.6 Å². The van der Waals surface area contributed by atoms with E-state index in [0.717, 1.165) is 13.9 Å². The van der Waals surface area contributed by atoms with Gasteiger partial charge in [-0.15, -0.1) is 10.2 Å². The van der Waals surface area contributed by atoms with Gasteiger partial charge in [0.1, 0.15) is 6.54 Å². The highest BCUT2D eigenvalue weighted by Gasteiger charge is 2.29. The Labute approximate surface area is 205 Å². The van der Waals surface area contributed by atoms with Gasteiger partial charge in [0.15, 0.2) is 23.8 Å². The van der Waals surface area contributed by atoms with Gasteiger partial charge in [-0.05, 0) is 30.3 Å². The predicted octanol–water partition coefficient (Wildman–Crippen LogP) is 2.25. The number of carbonyl (C=O) groups is 2. The van der Waals surface area contributed by atoms with E-state index in [-0.39, 0.29) is 35.3 Å². The minimum absolute atomic E-state index is 0.0146. The number of amides is 1. The number of nitrogens with two attached hydrogens (primary N) is 1. The number of benzene rings is 1. The lowest BCUT2D eigenvalue weighted by atomic mass is 10.2. The first-order chi connectivity index (χ1) is 17.1. The summed E-state index contributed by atoms with van der Waals surface area (Å²) in [5.41, 5.74) is 5.00. The Balaban J connectivity index is 1.75. The van der Waals surface area contributed by atoms with Gasteiger partial charge in [0, 0.05) is 23.3 Å². The lowest BCUT2D eigenvalue weighted by Gasteiger charge is -2.08. The molecular formula is C21H16ClF3N8O3. The molecule has 0 aliphatic rings. The van der Waals surface area contributed by atoms with Crippen LogP contribution in [0, 0.1) is 0 Å². The van der Waals surface area contributed by atoms with Crippen molar-refractivity contribution in [3.63, 3.8) is 0 Å².